The van der Waals surface area contributed by atoms with E-state index in [0.717, 1.165) is 22.6 Å². The predicted octanol–water partition coefficient (Wildman–Crippen LogP) is 3.03. The number of anilines is 2. The Morgan fingerprint density at radius 2 is 1.90 bits per heavy atom. The maximum atomic E-state index is 8.93. The Hall–Kier alpha value is -2.61. The van der Waals surface area contributed by atoms with Gasteiger partial charge in [0, 0.05) is 11.8 Å². The first-order valence-electron chi connectivity index (χ1n) is 6.22. The summed E-state index contributed by atoms with van der Waals surface area (Å²) in [5, 5.41) is 12.2. The number of nitrogens with one attached hydrogen (secondary N) is 1. The van der Waals surface area contributed by atoms with E-state index in [1.165, 1.54) is 0 Å². The van der Waals surface area contributed by atoms with E-state index in [9.17, 15) is 0 Å². The maximum Gasteiger partial charge on any atom is 0.146 e. The molecule has 0 amide bonds. The topological polar surface area (TPSA) is 70.8 Å². The van der Waals surface area contributed by atoms with Crippen LogP contribution in [0.3, 0.4) is 0 Å². The lowest BCUT2D eigenvalue weighted by atomic mass is 10.1. The Labute approximate surface area is 118 Å². The molecule has 0 spiro atoms. The van der Waals surface area contributed by atoms with Gasteiger partial charge in [-0.05, 0) is 44.0 Å². The van der Waals surface area contributed by atoms with Crippen molar-refractivity contribution in [1.82, 2.24) is 9.97 Å². The first-order valence-corrected chi connectivity index (χ1v) is 6.22. The summed E-state index contributed by atoms with van der Waals surface area (Å²) in [7, 11) is 1.65. The third kappa shape index (κ3) is 2.69. The van der Waals surface area contributed by atoms with E-state index < -0.39 is 0 Å². The zero-order chi connectivity index (χ0) is 14.7. The van der Waals surface area contributed by atoms with Gasteiger partial charge in [0.15, 0.2) is 0 Å². The molecule has 0 aliphatic rings. The first kappa shape index (κ1) is 13.8. The average Bonchev–Trinajstić information content (AvgIpc) is 2.43. The molecular formula is C15H16N4O. The van der Waals surface area contributed by atoms with Gasteiger partial charge in [0.1, 0.15) is 29.2 Å². The molecule has 0 radical (unpaired) electrons. The molecule has 2 rings (SSSR count). The van der Waals surface area contributed by atoms with Crippen molar-refractivity contribution < 1.29 is 4.74 Å². The predicted molar refractivity (Wildman–Crippen MR) is 77.2 cm³/mol. The summed E-state index contributed by atoms with van der Waals surface area (Å²) in [5.74, 6) is 2.03. The van der Waals surface area contributed by atoms with E-state index in [-0.39, 0.29) is 0 Å². The average molecular weight is 268 g/mol. The standard InChI is InChI=1S/C15H16N4O/c1-9-10(2)14(20-4)6-5-13(9)19-15-7-12(8-16)17-11(3)18-15/h5-7H,1-4H3,(H,17,18,19). The lowest BCUT2D eigenvalue weighted by molar-refractivity contribution is 0.411. The Morgan fingerprint density at radius 1 is 1.15 bits per heavy atom. The Bertz CT molecular complexity index is 689. The highest BCUT2D eigenvalue weighted by Crippen LogP contribution is 2.28. The Kier molecular flexibility index (Phi) is 3.85. The summed E-state index contributed by atoms with van der Waals surface area (Å²) in [6.07, 6.45) is 0. The molecule has 0 saturated heterocycles. The number of nitrogens with zero attached hydrogens (tertiary/aromatic N) is 3. The van der Waals surface area contributed by atoms with Gasteiger partial charge in [0.25, 0.3) is 0 Å². The van der Waals surface area contributed by atoms with Crippen molar-refractivity contribution in [2.24, 2.45) is 0 Å². The maximum absolute atomic E-state index is 8.93. The van der Waals surface area contributed by atoms with Gasteiger partial charge in [-0.2, -0.15) is 5.26 Å². The fourth-order valence-electron chi connectivity index (χ4n) is 1.98. The molecule has 5 nitrogen and oxygen atoms in total. The zero-order valence-electron chi connectivity index (χ0n) is 12.0. The molecule has 1 N–H and O–H groups in total. The minimum absolute atomic E-state index is 0.350. The van der Waals surface area contributed by atoms with E-state index >= 15 is 0 Å². The van der Waals surface area contributed by atoms with Gasteiger partial charge in [-0.25, -0.2) is 9.97 Å². The molecule has 0 aliphatic heterocycles. The number of nitriles is 1. The van der Waals surface area contributed by atoms with Crippen molar-refractivity contribution in [3.8, 4) is 11.8 Å². The van der Waals surface area contributed by atoms with Gasteiger partial charge in [-0.3, -0.25) is 0 Å². The van der Waals surface area contributed by atoms with Gasteiger partial charge >= 0.3 is 0 Å². The number of methoxy groups -OCH3 is 1. The number of benzene rings is 1. The van der Waals surface area contributed by atoms with Crippen LogP contribution in [0.5, 0.6) is 5.75 Å². The van der Waals surface area contributed by atoms with Crippen LogP contribution < -0.4 is 10.1 Å². The Balaban J connectivity index is 2.38. The zero-order valence-corrected chi connectivity index (χ0v) is 12.0. The van der Waals surface area contributed by atoms with Crippen molar-refractivity contribution in [2.45, 2.75) is 20.8 Å². The summed E-state index contributed by atoms with van der Waals surface area (Å²) < 4.78 is 5.29. The molecule has 102 valence electrons. The van der Waals surface area contributed by atoms with Crippen LogP contribution in [-0.2, 0) is 0 Å². The highest BCUT2D eigenvalue weighted by atomic mass is 16.5. The molecule has 5 heteroatoms. The molecule has 0 atom stereocenters. The summed E-state index contributed by atoms with van der Waals surface area (Å²) in [5.41, 5.74) is 3.44. The lowest BCUT2D eigenvalue weighted by Crippen LogP contribution is -2.01. The lowest BCUT2D eigenvalue weighted by Gasteiger charge is -2.14. The largest absolute Gasteiger partial charge is 0.496 e. The van der Waals surface area contributed by atoms with E-state index in [1.54, 1.807) is 20.1 Å². The Morgan fingerprint density at radius 3 is 2.55 bits per heavy atom. The van der Waals surface area contributed by atoms with Crippen LogP contribution in [-0.4, -0.2) is 17.1 Å². The van der Waals surface area contributed by atoms with E-state index in [4.69, 9.17) is 10.00 Å². The van der Waals surface area contributed by atoms with Gasteiger partial charge in [0.2, 0.25) is 0 Å². The second kappa shape index (κ2) is 5.57. The number of ether oxygens (including phenoxy) is 1. The summed E-state index contributed by atoms with van der Waals surface area (Å²) in [4.78, 5) is 8.31. The minimum Gasteiger partial charge on any atom is -0.496 e. The van der Waals surface area contributed by atoms with Gasteiger partial charge in [-0.15, -0.1) is 0 Å². The quantitative estimate of drug-likeness (QED) is 0.926. The van der Waals surface area contributed by atoms with E-state index in [2.05, 4.69) is 15.3 Å². The number of hydrogen-bond donors (Lipinski definition) is 1. The van der Waals surface area contributed by atoms with Crippen LogP contribution in [0, 0.1) is 32.1 Å². The van der Waals surface area contributed by atoms with Crippen molar-refractivity contribution in [3.05, 3.63) is 40.8 Å². The van der Waals surface area contributed by atoms with Gasteiger partial charge in [-0.1, -0.05) is 0 Å². The molecule has 20 heavy (non-hydrogen) atoms. The fraction of sp³-hybridized carbons (Fsp3) is 0.267. The molecule has 0 saturated carbocycles. The van der Waals surface area contributed by atoms with Crippen LogP contribution in [0.2, 0.25) is 0 Å². The molecule has 0 aliphatic carbocycles. The number of hydrogen-bond acceptors (Lipinski definition) is 5. The molecule has 2 aromatic rings. The molecule has 1 aromatic carbocycles. The van der Waals surface area contributed by atoms with Crippen molar-refractivity contribution in [2.75, 3.05) is 12.4 Å². The second-order valence-electron chi connectivity index (χ2n) is 4.49. The third-order valence-corrected chi connectivity index (χ3v) is 3.17. The molecule has 0 fully saturated rings. The first-order chi connectivity index (χ1) is 9.55. The van der Waals surface area contributed by atoms with Crippen LogP contribution in [0.25, 0.3) is 0 Å². The highest BCUT2D eigenvalue weighted by molar-refractivity contribution is 5.64. The SMILES string of the molecule is COc1ccc(Nc2cc(C#N)nc(C)n2)c(C)c1C. The summed E-state index contributed by atoms with van der Waals surface area (Å²) >= 11 is 0. The van der Waals surface area contributed by atoms with Gasteiger partial charge < -0.3 is 10.1 Å². The van der Waals surface area contributed by atoms with Crippen molar-refractivity contribution >= 4 is 11.5 Å². The smallest absolute Gasteiger partial charge is 0.146 e. The van der Waals surface area contributed by atoms with E-state index in [0.29, 0.717) is 17.3 Å². The highest BCUT2D eigenvalue weighted by Gasteiger charge is 2.08. The van der Waals surface area contributed by atoms with Crippen molar-refractivity contribution in [3.63, 3.8) is 0 Å². The number of aromatic nitrogens is 2. The van der Waals surface area contributed by atoms with Crippen LogP contribution in [0.1, 0.15) is 22.6 Å². The number of aryl methyl sites for hydroxylation is 1. The molecule has 0 bridgehead atoms. The van der Waals surface area contributed by atoms with E-state index in [1.807, 2.05) is 32.0 Å². The van der Waals surface area contributed by atoms with Crippen molar-refractivity contribution in [1.29, 1.82) is 5.26 Å². The monoisotopic (exact) mass is 268 g/mol. The molecule has 0 unspecified atom stereocenters. The van der Waals surface area contributed by atoms with Crippen LogP contribution in [0.15, 0.2) is 18.2 Å². The third-order valence-electron chi connectivity index (χ3n) is 3.17. The summed E-state index contributed by atoms with van der Waals surface area (Å²) in [6, 6.07) is 7.50. The van der Waals surface area contributed by atoms with Crippen LogP contribution in [0.4, 0.5) is 11.5 Å². The van der Waals surface area contributed by atoms with Crippen LogP contribution >= 0.6 is 0 Å². The number of rotatable bonds is 3. The second-order valence-corrected chi connectivity index (χ2v) is 4.49. The normalized spacial score (nSPS) is 9.95. The molecule has 1 aromatic heterocycles. The van der Waals surface area contributed by atoms with Gasteiger partial charge in [0.05, 0.1) is 7.11 Å². The molecular weight excluding hydrogens is 252 g/mol. The minimum atomic E-state index is 0.350. The molecule has 1 heterocycles. The fourth-order valence-corrected chi connectivity index (χ4v) is 1.98. The summed E-state index contributed by atoms with van der Waals surface area (Å²) in [6.45, 7) is 5.78.